The first-order valence-electron chi connectivity index (χ1n) is 16.7. The normalized spacial score (nSPS) is 14.3. The summed E-state index contributed by atoms with van der Waals surface area (Å²) in [6.07, 6.45) is 6.35. The van der Waals surface area contributed by atoms with Crippen molar-refractivity contribution in [2.45, 2.75) is 157 Å². The van der Waals surface area contributed by atoms with Gasteiger partial charge in [0.15, 0.2) is 0 Å². The summed E-state index contributed by atoms with van der Waals surface area (Å²) in [6.45, 7) is 27.0. The van der Waals surface area contributed by atoms with Crippen LogP contribution in [0.1, 0.15) is 147 Å². The lowest BCUT2D eigenvalue weighted by Crippen LogP contribution is -2.39. The minimum absolute atomic E-state index is 0.0628. The predicted octanol–water partition coefficient (Wildman–Crippen LogP) is 9.70. The van der Waals surface area contributed by atoms with Gasteiger partial charge in [-0.25, -0.2) is 0 Å². The van der Waals surface area contributed by atoms with Gasteiger partial charge < -0.3 is 14.2 Å². The first-order chi connectivity index (χ1) is 20.0. The highest BCUT2D eigenvalue weighted by Crippen LogP contribution is 2.30. The summed E-state index contributed by atoms with van der Waals surface area (Å²) in [5.41, 5.74) is -0.441. The molecule has 0 aliphatic rings. The summed E-state index contributed by atoms with van der Waals surface area (Å²) >= 11 is 3.62. The summed E-state index contributed by atoms with van der Waals surface area (Å²) in [5, 5.41) is 0. The second kappa shape index (κ2) is 20.5. The first-order valence-corrected chi connectivity index (χ1v) is 18.7. The summed E-state index contributed by atoms with van der Waals surface area (Å²) < 4.78 is 18.1. The fourth-order valence-electron chi connectivity index (χ4n) is 4.33. The molecule has 260 valence electrons. The number of carbonyl (C=O) groups is 3. The van der Waals surface area contributed by atoms with Crippen LogP contribution in [-0.4, -0.2) is 65.1 Å². The fourth-order valence-corrected chi connectivity index (χ4v) is 6.09. The van der Waals surface area contributed by atoms with Crippen molar-refractivity contribution in [1.29, 1.82) is 0 Å². The van der Waals surface area contributed by atoms with E-state index >= 15 is 0 Å². The highest BCUT2D eigenvalue weighted by Gasteiger charge is 2.35. The van der Waals surface area contributed by atoms with Crippen LogP contribution in [-0.2, 0) is 28.6 Å². The Morgan fingerprint density at radius 1 is 0.523 bits per heavy atom. The molecule has 0 fully saturated rings. The third-order valence-electron chi connectivity index (χ3n) is 6.92. The Balaban J connectivity index is 5.60. The maximum atomic E-state index is 13.0. The molecule has 0 saturated carbocycles. The maximum absolute atomic E-state index is 13.0. The number of hydrogen-bond acceptors (Lipinski definition) is 8. The van der Waals surface area contributed by atoms with E-state index in [9.17, 15) is 14.4 Å². The second-order valence-electron chi connectivity index (χ2n) is 16.8. The van der Waals surface area contributed by atoms with E-state index in [1.807, 2.05) is 11.8 Å². The molecule has 0 bridgehead atoms. The lowest BCUT2D eigenvalue weighted by Gasteiger charge is -2.33. The van der Waals surface area contributed by atoms with E-state index in [1.165, 1.54) is 0 Å². The average molecular weight is 661 g/mol. The molecule has 8 heteroatoms. The standard InChI is InChI=1S/C36H68O6S2/c1-32(2,3)20-13-16-29(37)18-22-36(26-40-23-15-24-43-34(7,8)9,27-41-30(38)17-14-21-33(4,5)6)28-42-31(39)19-25-44-35(10,11)12/h13-28H2,1-12H3. The zero-order valence-corrected chi connectivity index (χ0v) is 32.2. The van der Waals surface area contributed by atoms with Gasteiger partial charge in [-0.15, -0.1) is 0 Å². The predicted molar refractivity (Wildman–Crippen MR) is 190 cm³/mol. The molecule has 0 aliphatic heterocycles. The zero-order valence-electron chi connectivity index (χ0n) is 30.6. The summed E-state index contributed by atoms with van der Waals surface area (Å²) in [7, 11) is 0. The Morgan fingerprint density at radius 2 is 1.00 bits per heavy atom. The highest BCUT2D eigenvalue weighted by atomic mass is 32.2. The molecule has 0 amide bonds. The van der Waals surface area contributed by atoms with Crippen molar-refractivity contribution in [3.05, 3.63) is 0 Å². The number of hydrogen-bond donors (Lipinski definition) is 0. The third kappa shape index (κ3) is 27.6. The van der Waals surface area contributed by atoms with Gasteiger partial charge in [0, 0.05) is 41.1 Å². The highest BCUT2D eigenvalue weighted by molar-refractivity contribution is 8.00. The van der Waals surface area contributed by atoms with Gasteiger partial charge in [0.25, 0.3) is 0 Å². The smallest absolute Gasteiger partial charge is 0.306 e. The first kappa shape index (κ1) is 43.3. The van der Waals surface area contributed by atoms with Gasteiger partial charge in [-0.2, -0.15) is 23.5 Å². The van der Waals surface area contributed by atoms with Crippen LogP contribution < -0.4 is 0 Å². The largest absolute Gasteiger partial charge is 0.465 e. The SMILES string of the molecule is CC(C)(C)CCCC(=O)CCC(COCCCSC(C)(C)C)(COC(=O)CCCC(C)(C)C)COC(=O)CCSC(C)(C)C. The van der Waals surface area contributed by atoms with Crippen LogP contribution in [0.3, 0.4) is 0 Å². The van der Waals surface area contributed by atoms with Crippen molar-refractivity contribution in [3.63, 3.8) is 0 Å². The number of Topliss-reactive ketones (excluding diaryl/α,β-unsaturated/α-hetero) is 1. The molecule has 0 heterocycles. The lowest BCUT2D eigenvalue weighted by molar-refractivity contribution is -0.158. The molecule has 0 rings (SSSR count). The van der Waals surface area contributed by atoms with Crippen molar-refractivity contribution in [1.82, 2.24) is 0 Å². The molecule has 0 aliphatic carbocycles. The number of thioether (sulfide) groups is 2. The topological polar surface area (TPSA) is 78.9 Å². The minimum Gasteiger partial charge on any atom is -0.465 e. The molecule has 0 aromatic carbocycles. The van der Waals surface area contributed by atoms with Crippen LogP contribution in [0, 0.1) is 16.2 Å². The maximum Gasteiger partial charge on any atom is 0.306 e. The molecule has 0 aromatic rings. The number of rotatable bonds is 22. The van der Waals surface area contributed by atoms with E-state index in [4.69, 9.17) is 14.2 Å². The van der Waals surface area contributed by atoms with E-state index in [-0.39, 0.29) is 57.9 Å². The van der Waals surface area contributed by atoms with Gasteiger partial charge >= 0.3 is 11.9 Å². The molecular weight excluding hydrogens is 593 g/mol. The molecular formula is C36H68O6S2. The lowest BCUT2D eigenvalue weighted by atomic mass is 9.83. The molecule has 0 saturated heterocycles. The Kier molecular flexibility index (Phi) is 20.2. The van der Waals surface area contributed by atoms with Gasteiger partial charge in [0.1, 0.15) is 19.0 Å². The number of ether oxygens (including phenoxy) is 3. The molecule has 1 unspecified atom stereocenters. The van der Waals surface area contributed by atoms with Gasteiger partial charge in [0.2, 0.25) is 0 Å². The van der Waals surface area contributed by atoms with Crippen LogP contribution in [0.4, 0.5) is 0 Å². The van der Waals surface area contributed by atoms with Crippen LogP contribution in [0.5, 0.6) is 0 Å². The molecule has 6 nitrogen and oxygen atoms in total. The van der Waals surface area contributed by atoms with Crippen molar-refractivity contribution >= 4 is 41.2 Å². The number of ketones is 1. The van der Waals surface area contributed by atoms with Crippen molar-refractivity contribution < 1.29 is 28.6 Å². The molecule has 0 spiro atoms. The monoisotopic (exact) mass is 660 g/mol. The van der Waals surface area contributed by atoms with E-state index in [1.54, 1.807) is 11.8 Å². The van der Waals surface area contributed by atoms with Crippen LogP contribution in [0.2, 0.25) is 0 Å². The van der Waals surface area contributed by atoms with E-state index in [2.05, 4.69) is 83.1 Å². The number of carbonyl (C=O) groups excluding carboxylic acids is 3. The van der Waals surface area contributed by atoms with Gasteiger partial charge in [-0.1, -0.05) is 83.1 Å². The average Bonchev–Trinajstić information content (AvgIpc) is 2.83. The van der Waals surface area contributed by atoms with Crippen molar-refractivity contribution in [2.75, 3.05) is 37.9 Å². The minimum atomic E-state index is -0.774. The van der Waals surface area contributed by atoms with Crippen LogP contribution >= 0.6 is 23.5 Å². The molecule has 1 atom stereocenters. The Labute approximate surface area is 280 Å². The van der Waals surface area contributed by atoms with Crippen molar-refractivity contribution in [3.8, 4) is 0 Å². The van der Waals surface area contributed by atoms with E-state index in [0.29, 0.717) is 44.5 Å². The van der Waals surface area contributed by atoms with Crippen molar-refractivity contribution in [2.24, 2.45) is 16.2 Å². The van der Waals surface area contributed by atoms with E-state index < -0.39 is 5.41 Å². The van der Waals surface area contributed by atoms with E-state index in [0.717, 1.165) is 37.9 Å². The van der Waals surface area contributed by atoms with Gasteiger partial charge in [0.05, 0.1) is 18.4 Å². The second-order valence-corrected chi connectivity index (χ2v) is 20.6. The molecule has 0 radical (unpaired) electrons. The molecule has 44 heavy (non-hydrogen) atoms. The zero-order chi connectivity index (χ0) is 34.1. The van der Waals surface area contributed by atoms with Gasteiger partial charge in [-0.3, -0.25) is 14.4 Å². The summed E-state index contributed by atoms with van der Waals surface area (Å²) in [5.74, 6) is 1.30. The Bertz CT molecular complexity index is 739. The number of esters is 2. The fraction of sp³-hybridized carbons (Fsp3) is 0.917. The Hall–Kier alpha value is -0.730. The van der Waals surface area contributed by atoms with Gasteiger partial charge in [-0.05, 0) is 55.1 Å². The summed E-state index contributed by atoms with van der Waals surface area (Å²) in [6, 6.07) is 0. The van der Waals surface area contributed by atoms with Crippen LogP contribution in [0.25, 0.3) is 0 Å². The Morgan fingerprint density at radius 3 is 1.50 bits per heavy atom. The third-order valence-corrected chi connectivity index (χ3v) is 9.55. The quantitative estimate of drug-likeness (QED) is 0.0839. The van der Waals surface area contributed by atoms with Crippen LogP contribution in [0.15, 0.2) is 0 Å². The summed E-state index contributed by atoms with van der Waals surface area (Å²) in [4.78, 5) is 38.5. The molecule has 0 aromatic heterocycles. The molecule has 0 N–H and O–H groups in total.